The Morgan fingerprint density at radius 3 is 3.15 bits per heavy atom. The summed E-state index contributed by atoms with van der Waals surface area (Å²) in [5, 5.41) is 2.38. The van der Waals surface area contributed by atoms with Crippen molar-refractivity contribution in [1.82, 2.24) is 9.97 Å². The van der Waals surface area contributed by atoms with Gasteiger partial charge in [0.2, 0.25) is 0 Å². The lowest BCUT2D eigenvalue weighted by Crippen LogP contribution is -1.70. The summed E-state index contributed by atoms with van der Waals surface area (Å²) in [4.78, 5) is 7.69. The van der Waals surface area contributed by atoms with Crippen molar-refractivity contribution < 1.29 is 0 Å². The predicted molar refractivity (Wildman–Crippen MR) is 56.2 cm³/mol. The smallest absolute Gasteiger partial charge is 0.0908 e. The molecule has 0 aliphatic heterocycles. The van der Waals surface area contributed by atoms with E-state index in [0.29, 0.717) is 0 Å². The van der Waals surface area contributed by atoms with Gasteiger partial charge in [0.15, 0.2) is 0 Å². The van der Waals surface area contributed by atoms with Crippen LogP contribution in [0.3, 0.4) is 0 Å². The zero-order valence-electron chi connectivity index (χ0n) is 7.16. The number of hydrogen-bond donors (Lipinski definition) is 1. The van der Waals surface area contributed by atoms with E-state index in [1.165, 1.54) is 15.6 Å². The number of hydrogen-bond acceptors (Lipinski definition) is 2. The van der Waals surface area contributed by atoms with Gasteiger partial charge in [0, 0.05) is 11.6 Å². The molecule has 0 amide bonds. The van der Waals surface area contributed by atoms with E-state index in [-0.39, 0.29) is 0 Å². The number of H-pyrrole nitrogens is 1. The van der Waals surface area contributed by atoms with Crippen molar-refractivity contribution in [3.63, 3.8) is 0 Å². The van der Waals surface area contributed by atoms with Crippen molar-refractivity contribution in [1.29, 1.82) is 0 Å². The minimum absolute atomic E-state index is 1.09. The van der Waals surface area contributed by atoms with E-state index < -0.39 is 0 Å². The fourth-order valence-corrected chi connectivity index (χ4v) is 2.56. The molecule has 0 fully saturated rings. The van der Waals surface area contributed by atoms with Crippen LogP contribution in [0.5, 0.6) is 0 Å². The van der Waals surface area contributed by atoms with Gasteiger partial charge in [-0.3, -0.25) is 0 Å². The average molecular weight is 188 g/mol. The third kappa shape index (κ3) is 0.906. The molecule has 0 saturated heterocycles. The quantitative estimate of drug-likeness (QED) is 0.577. The first-order chi connectivity index (χ1) is 6.34. The zero-order chi connectivity index (χ0) is 8.84. The number of nitrogens with one attached hydrogen (secondary N) is 1. The second kappa shape index (κ2) is 2.33. The normalized spacial score (nSPS) is 11.5. The Morgan fingerprint density at radius 1 is 1.31 bits per heavy atom. The topological polar surface area (TPSA) is 28.7 Å². The van der Waals surface area contributed by atoms with Gasteiger partial charge in [0.05, 0.1) is 20.7 Å². The molecule has 0 aliphatic carbocycles. The van der Waals surface area contributed by atoms with Crippen LogP contribution < -0.4 is 0 Å². The minimum Gasteiger partial charge on any atom is -0.360 e. The Morgan fingerprint density at radius 2 is 2.23 bits per heavy atom. The monoisotopic (exact) mass is 188 g/mol. The summed E-state index contributed by atoms with van der Waals surface area (Å²) in [5.41, 5.74) is 2.31. The molecular weight excluding hydrogens is 180 g/mol. The highest BCUT2D eigenvalue weighted by Gasteiger charge is 2.04. The van der Waals surface area contributed by atoms with Crippen LogP contribution in [-0.4, -0.2) is 9.97 Å². The number of thiazole rings is 1. The lowest BCUT2D eigenvalue weighted by atomic mass is 10.2. The number of nitrogens with zero attached hydrogens (tertiary/aromatic N) is 1. The molecule has 64 valence electrons. The SMILES string of the molecule is Cc1nc2ccc3cc[nH]c3c2s1. The number of fused-ring (bicyclic) bond motifs is 3. The van der Waals surface area contributed by atoms with Crippen LogP contribution in [0.2, 0.25) is 0 Å². The lowest BCUT2D eigenvalue weighted by Gasteiger charge is -1.89. The molecule has 0 saturated carbocycles. The van der Waals surface area contributed by atoms with Gasteiger partial charge < -0.3 is 4.98 Å². The Bertz CT molecular complexity index is 577. The van der Waals surface area contributed by atoms with E-state index in [1.54, 1.807) is 11.3 Å². The van der Waals surface area contributed by atoms with Gasteiger partial charge in [-0.2, -0.15) is 0 Å². The Kier molecular flexibility index (Phi) is 1.27. The number of aryl methyl sites for hydroxylation is 1. The van der Waals surface area contributed by atoms with E-state index in [9.17, 15) is 0 Å². The van der Waals surface area contributed by atoms with Gasteiger partial charge in [-0.15, -0.1) is 11.3 Å². The van der Waals surface area contributed by atoms with Gasteiger partial charge in [-0.05, 0) is 19.1 Å². The van der Waals surface area contributed by atoms with E-state index >= 15 is 0 Å². The third-order valence-electron chi connectivity index (χ3n) is 2.19. The fraction of sp³-hybridized carbons (Fsp3) is 0.100. The van der Waals surface area contributed by atoms with Crippen molar-refractivity contribution in [2.45, 2.75) is 6.92 Å². The summed E-state index contributed by atoms with van der Waals surface area (Å²) in [7, 11) is 0. The number of rotatable bonds is 0. The van der Waals surface area contributed by atoms with Crippen LogP contribution in [0, 0.1) is 6.92 Å². The molecular formula is C10H8N2S. The van der Waals surface area contributed by atoms with E-state index in [2.05, 4.69) is 28.2 Å². The molecule has 3 heteroatoms. The van der Waals surface area contributed by atoms with Crippen LogP contribution in [0.25, 0.3) is 21.1 Å². The Labute approximate surface area is 79.2 Å². The predicted octanol–water partition coefficient (Wildman–Crippen LogP) is 3.09. The molecule has 3 aromatic rings. The molecule has 1 N–H and O–H groups in total. The third-order valence-corrected chi connectivity index (χ3v) is 3.19. The summed E-state index contributed by atoms with van der Waals surface area (Å²) in [5.74, 6) is 0. The second-order valence-corrected chi connectivity index (χ2v) is 4.29. The maximum absolute atomic E-state index is 4.44. The van der Waals surface area contributed by atoms with Crippen molar-refractivity contribution in [3.05, 3.63) is 29.4 Å². The Hall–Kier alpha value is -1.35. The molecule has 0 radical (unpaired) electrons. The largest absolute Gasteiger partial charge is 0.360 e. The Balaban J connectivity index is 2.64. The van der Waals surface area contributed by atoms with Crippen LogP contribution in [0.4, 0.5) is 0 Å². The summed E-state index contributed by atoms with van der Waals surface area (Å²) in [6.45, 7) is 2.04. The molecule has 13 heavy (non-hydrogen) atoms. The van der Waals surface area contributed by atoms with Gasteiger partial charge in [-0.25, -0.2) is 4.98 Å². The summed E-state index contributed by atoms with van der Waals surface area (Å²) in [6.07, 6.45) is 1.97. The first-order valence-corrected chi connectivity index (χ1v) is 4.99. The van der Waals surface area contributed by atoms with Crippen LogP contribution in [0.15, 0.2) is 24.4 Å². The summed E-state index contributed by atoms with van der Waals surface area (Å²) < 4.78 is 1.26. The van der Waals surface area contributed by atoms with Crippen LogP contribution >= 0.6 is 11.3 Å². The highest BCUT2D eigenvalue weighted by atomic mass is 32.1. The zero-order valence-corrected chi connectivity index (χ0v) is 7.98. The molecule has 0 atom stereocenters. The van der Waals surface area contributed by atoms with E-state index in [1.807, 2.05) is 13.1 Å². The molecule has 2 aromatic heterocycles. The highest BCUT2D eigenvalue weighted by Crippen LogP contribution is 2.28. The van der Waals surface area contributed by atoms with E-state index in [0.717, 1.165) is 10.5 Å². The number of benzene rings is 1. The van der Waals surface area contributed by atoms with Crippen LogP contribution in [-0.2, 0) is 0 Å². The van der Waals surface area contributed by atoms with E-state index in [4.69, 9.17) is 0 Å². The molecule has 1 aromatic carbocycles. The van der Waals surface area contributed by atoms with Gasteiger partial charge in [-0.1, -0.05) is 6.07 Å². The van der Waals surface area contributed by atoms with Gasteiger partial charge in [0.25, 0.3) is 0 Å². The molecule has 0 aliphatic rings. The molecule has 3 rings (SSSR count). The standard InChI is InChI=1S/C10H8N2S/c1-6-12-8-3-2-7-4-5-11-9(7)10(8)13-6/h2-5,11H,1H3. The highest BCUT2D eigenvalue weighted by molar-refractivity contribution is 7.19. The first-order valence-electron chi connectivity index (χ1n) is 4.18. The number of aromatic nitrogens is 2. The van der Waals surface area contributed by atoms with Crippen molar-refractivity contribution in [2.75, 3.05) is 0 Å². The van der Waals surface area contributed by atoms with Crippen LogP contribution in [0.1, 0.15) is 5.01 Å². The number of aromatic amines is 1. The van der Waals surface area contributed by atoms with Gasteiger partial charge in [0.1, 0.15) is 0 Å². The maximum atomic E-state index is 4.44. The van der Waals surface area contributed by atoms with Gasteiger partial charge >= 0.3 is 0 Å². The molecule has 0 spiro atoms. The summed E-state index contributed by atoms with van der Waals surface area (Å²) >= 11 is 1.74. The molecule has 2 nitrogen and oxygen atoms in total. The fourth-order valence-electron chi connectivity index (χ4n) is 1.62. The molecule has 0 unspecified atom stereocenters. The minimum atomic E-state index is 1.09. The molecule has 0 bridgehead atoms. The second-order valence-electron chi connectivity index (χ2n) is 3.09. The lowest BCUT2D eigenvalue weighted by molar-refractivity contribution is 1.35. The van der Waals surface area contributed by atoms with Crippen molar-refractivity contribution >= 4 is 32.5 Å². The average Bonchev–Trinajstić information content (AvgIpc) is 2.65. The maximum Gasteiger partial charge on any atom is 0.0908 e. The summed E-state index contributed by atoms with van der Waals surface area (Å²) in [6, 6.07) is 6.27. The van der Waals surface area contributed by atoms with Crippen molar-refractivity contribution in [3.8, 4) is 0 Å². The first kappa shape index (κ1) is 7.09. The molecule has 2 heterocycles. The van der Waals surface area contributed by atoms with Crippen molar-refractivity contribution in [2.24, 2.45) is 0 Å².